The molecule has 0 aliphatic rings. The van der Waals surface area contributed by atoms with E-state index in [2.05, 4.69) is 10.5 Å². The first-order valence-corrected chi connectivity index (χ1v) is 8.86. The summed E-state index contributed by atoms with van der Waals surface area (Å²) in [5.41, 5.74) is 2.93. The van der Waals surface area contributed by atoms with Gasteiger partial charge in [-0.1, -0.05) is 55.8 Å². The summed E-state index contributed by atoms with van der Waals surface area (Å²) in [6, 6.07) is 16.3. The molecule has 1 heterocycles. The summed E-state index contributed by atoms with van der Waals surface area (Å²) in [7, 11) is 0. The van der Waals surface area contributed by atoms with Crippen molar-refractivity contribution in [1.29, 1.82) is 0 Å². The lowest BCUT2D eigenvalue weighted by Crippen LogP contribution is -2.31. The molecule has 1 aromatic heterocycles. The van der Waals surface area contributed by atoms with Gasteiger partial charge in [-0.05, 0) is 24.1 Å². The van der Waals surface area contributed by atoms with Crippen LogP contribution in [0.1, 0.15) is 35.7 Å². The van der Waals surface area contributed by atoms with Crippen molar-refractivity contribution in [2.24, 2.45) is 5.10 Å². The van der Waals surface area contributed by atoms with Crippen LogP contribution in [0.4, 0.5) is 0 Å². The highest BCUT2D eigenvalue weighted by Gasteiger charge is 2.21. The zero-order chi connectivity index (χ0) is 19.2. The molecule has 2 aromatic carbocycles. The number of aryl methyl sites for hydroxylation is 1. The number of carbonyl (C=O) groups excluding carboxylic acids is 1. The van der Waals surface area contributed by atoms with Crippen molar-refractivity contribution in [3.8, 4) is 5.75 Å². The predicted octanol–water partition coefficient (Wildman–Crippen LogP) is 3.27. The Morgan fingerprint density at radius 1 is 1.15 bits per heavy atom. The van der Waals surface area contributed by atoms with Gasteiger partial charge in [0.2, 0.25) is 0 Å². The van der Waals surface area contributed by atoms with Gasteiger partial charge in [0.05, 0.1) is 11.7 Å². The first kappa shape index (κ1) is 18.4. The van der Waals surface area contributed by atoms with Crippen LogP contribution in [0.15, 0.2) is 64.5 Å². The zero-order valence-corrected chi connectivity index (χ0v) is 15.1. The lowest BCUT2D eigenvalue weighted by atomic mass is 10.1. The molecule has 6 nitrogen and oxygen atoms in total. The second kappa shape index (κ2) is 8.31. The van der Waals surface area contributed by atoms with Crippen LogP contribution >= 0.6 is 0 Å². The minimum Gasteiger partial charge on any atom is -0.506 e. The van der Waals surface area contributed by atoms with Crippen LogP contribution in [-0.2, 0) is 6.54 Å². The number of hydrazone groups is 1. The van der Waals surface area contributed by atoms with Gasteiger partial charge >= 0.3 is 0 Å². The largest absolute Gasteiger partial charge is 0.506 e. The molecule has 3 rings (SSSR count). The number of unbranched alkanes of at least 4 members (excludes halogenated alkanes) is 1. The van der Waals surface area contributed by atoms with E-state index in [4.69, 9.17) is 0 Å². The SMILES string of the molecule is CCCCn1c(=O)c(C(=O)N/N=C/c2ccccc2)c(O)c2ccccc21. The van der Waals surface area contributed by atoms with Crippen molar-refractivity contribution in [2.45, 2.75) is 26.3 Å². The molecule has 27 heavy (non-hydrogen) atoms. The Hall–Kier alpha value is -3.41. The maximum Gasteiger partial charge on any atom is 0.280 e. The molecule has 0 radical (unpaired) electrons. The van der Waals surface area contributed by atoms with Gasteiger partial charge in [0.15, 0.2) is 0 Å². The Bertz CT molecular complexity index is 1040. The highest BCUT2D eigenvalue weighted by atomic mass is 16.3. The molecular weight excluding hydrogens is 342 g/mol. The molecule has 6 heteroatoms. The third-order valence-electron chi connectivity index (χ3n) is 4.29. The topological polar surface area (TPSA) is 83.7 Å². The number of fused-ring (bicyclic) bond motifs is 1. The standard InChI is InChI=1S/C21H21N3O3/c1-2-3-13-24-17-12-8-7-11-16(17)19(25)18(21(24)27)20(26)23-22-14-15-9-5-4-6-10-15/h4-12,14,25H,2-3,13H2,1H3,(H,23,26)/b22-14+. The van der Waals surface area contributed by atoms with Crippen LogP contribution in [0.5, 0.6) is 5.75 Å². The summed E-state index contributed by atoms with van der Waals surface area (Å²) in [6.07, 6.45) is 3.18. The molecule has 0 aliphatic heterocycles. The summed E-state index contributed by atoms with van der Waals surface area (Å²) in [4.78, 5) is 25.4. The second-order valence-corrected chi connectivity index (χ2v) is 6.16. The van der Waals surface area contributed by atoms with E-state index in [1.165, 1.54) is 10.8 Å². The maximum atomic E-state index is 12.9. The number of amides is 1. The van der Waals surface area contributed by atoms with E-state index < -0.39 is 11.5 Å². The Kier molecular flexibility index (Phi) is 5.66. The van der Waals surface area contributed by atoms with Gasteiger partial charge in [0.1, 0.15) is 11.3 Å². The van der Waals surface area contributed by atoms with Crippen molar-refractivity contribution in [2.75, 3.05) is 0 Å². The van der Waals surface area contributed by atoms with E-state index in [9.17, 15) is 14.7 Å². The molecule has 0 saturated heterocycles. The fourth-order valence-corrected chi connectivity index (χ4v) is 2.89. The Morgan fingerprint density at radius 2 is 1.85 bits per heavy atom. The molecule has 0 aliphatic carbocycles. The molecule has 2 N–H and O–H groups in total. The van der Waals surface area contributed by atoms with E-state index in [1.54, 1.807) is 24.3 Å². The number of benzene rings is 2. The number of para-hydroxylation sites is 1. The van der Waals surface area contributed by atoms with Crippen LogP contribution in [0.2, 0.25) is 0 Å². The molecule has 138 valence electrons. The van der Waals surface area contributed by atoms with E-state index in [1.807, 2.05) is 37.3 Å². The molecule has 0 atom stereocenters. The first-order chi connectivity index (χ1) is 13.1. The van der Waals surface area contributed by atoms with Crippen molar-refractivity contribution in [1.82, 2.24) is 9.99 Å². The zero-order valence-electron chi connectivity index (χ0n) is 15.1. The highest BCUT2D eigenvalue weighted by Crippen LogP contribution is 2.26. The lowest BCUT2D eigenvalue weighted by Gasteiger charge is -2.14. The molecular formula is C21H21N3O3. The molecule has 0 unspecified atom stereocenters. The van der Waals surface area contributed by atoms with E-state index >= 15 is 0 Å². The number of hydrogen-bond donors (Lipinski definition) is 2. The summed E-state index contributed by atoms with van der Waals surface area (Å²) in [5, 5.41) is 14.9. The van der Waals surface area contributed by atoms with Crippen LogP contribution in [0.25, 0.3) is 10.9 Å². The predicted molar refractivity (Wildman–Crippen MR) is 106 cm³/mol. The van der Waals surface area contributed by atoms with E-state index in [-0.39, 0.29) is 11.3 Å². The number of carbonyl (C=O) groups is 1. The van der Waals surface area contributed by atoms with Crippen LogP contribution < -0.4 is 11.0 Å². The molecule has 0 saturated carbocycles. The number of aromatic hydroxyl groups is 1. The number of pyridine rings is 1. The number of rotatable bonds is 6. The quantitative estimate of drug-likeness (QED) is 0.521. The fourth-order valence-electron chi connectivity index (χ4n) is 2.89. The third-order valence-corrected chi connectivity index (χ3v) is 4.29. The van der Waals surface area contributed by atoms with Crippen molar-refractivity contribution in [3.63, 3.8) is 0 Å². The van der Waals surface area contributed by atoms with Gasteiger partial charge in [-0.15, -0.1) is 0 Å². The third kappa shape index (κ3) is 3.89. The van der Waals surface area contributed by atoms with Crippen LogP contribution in [0, 0.1) is 0 Å². The fraction of sp³-hybridized carbons (Fsp3) is 0.190. The van der Waals surface area contributed by atoms with Gasteiger partial charge in [0, 0.05) is 11.9 Å². The average Bonchev–Trinajstić information content (AvgIpc) is 2.69. The van der Waals surface area contributed by atoms with Gasteiger partial charge in [0.25, 0.3) is 11.5 Å². The van der Waals surface area contributed by atoms with Gasteiger partial charge < -0.3 is 9.67 Å². The summed E-state index contributed by atoms with van der Waals surface area (Å²) in [5.74, 6) is -1.06. The van der Waals surface area contributed by atoms with Gasteiger partial charge in [-0.3, -0.25) is 9.59 Å². The monoisotopic (exact) mass is 363 g/mol. The Balaban J connectivity index is 1.99. The van der Waals surface area contributed by atoms with Gasteiger partial charge in [-0.2, -0.15) is 5.10 Å². The van der Waals surface area contributed by atoms with Crippen molar-refractivity contribution < 1.29 is 9.90 Å². The molecule has 3 aromatic rings. The first-order valence-electron chi connectivity index (χ1n) is 8.86. The van der Waals surface area contributed by atoms with E-state index in [0.29, 0.717) is 17.4 Å². The number of aromatic nitrogens is 1. The Labute approximate surface area is 156 Å². The molecule has 0 bridgehead atoms. The average molecular weight is 363 g/mol. The number of nitrogens with zero attached hydrogens (tertiary/aromatic N) is 2. The minimum atomic E-state index is -0.735. The summed E-state index contributed by atoms with van der Waals surface area (Å²) >= 11 is 0. The molecule has 0 spiro atoms. The lowest BCUT2D eigenvalue weighted by molar-refractivity contribution is 0.0950. The van der Waals surface area contributed by atoms with Gasteiger partial charge in [-0.25, -0.2) is 5.43 Å². The minimum absolute atomic E-state index is 0.296. The van der Waals surface area contributed by atoms with Crippen LogP contribution in [-0.4, -0.2) is 21.8 Å². The number of hydrogen-bond acceptors (Lipinski definition) is 4. The second-order valence-electron chi connectivity index (χ2n) is 6.16. The Morgan fingerprint density at radius 3 is 2.59 bits per heavy atom. The normalized spacial score (nSPS) is 11.1. The van der Waals surface area contributed by atoms with Crippen molar-refractivity contribution in [3.05, 3.63) is 76.1 Å². The van der Waals surface area contributed by atoms with Crippen LogP contribution in [0.3, 0.4) is 0 Å². The van der Waals surface area contributed by atoms with E-state index in [0.717, 1.165) is 18.4 Å². The summed E-state index contributed by atoms with van der Waals surface area (Å²) < 4.78 is 1.54. The maximum absolute atomic E-state index is 12.9. The highest BCUT2D eigenvalue weighted by molar-refractivity contribution is 6.02. The number of nitrogens with one attached hydrogen (secondary N) is 1. The smallest absolute Gasteiger partial charge is 0.280 e. The van der Waals surface area contributed by atoms with Crippen molar-refractivity contribution >= 4 is 23.0 Å². The molecule has 0 fully saturated rings. The summed E-state index contributed by atoms with van der Waals surface area (Å²) in [6.45, 7) is 2.50. The molecule has 1 amide bonds.